The van der Waals surface area contributed by atoms with Crippen molar-refractivity contribution in [1.82, 2.24) is 0 Å². The standard InChI is InChI=1S/C14H22N2O3/c1-4-18-8-10(2)19-9-12-7-11(14(15)16)5-6-13(12)17-3/h5-7,10H,4,8-9H2,1-3H3,(H3,15,16). The Morgan fingerprint density at radius 2 is 2.16 bits per heavy atom. The van der Waals surface area contributed by atoms with E-state index in [0.717, 1.165) is 11.3 Å². The van der Waals surface area contributed by atoms with Crippen molar-refractivity contribution in [3.8, 4) is 5.75 Å². The van der Waals surface area contributed by atoms with E-state index in [1.165, 1.54) is 0 Å². The van der Waals surface area contributed by atoms with Gasteiger partial charge in [-0.25, -0.2) is 0 Å². The zero-order chi connectivity index (χ0) is 14.3. The number of benzene rings is 1. The molecule has 106 valence electrons. The van der Waals surface area contributed by atoms with Crippen LogP contribution < -0.4 is 10.5 Å². The molecule has 0 heterocycles. The van der Waals surface area contributed by atoms with Gasteiger partial charge in [-0.1, -0.05) is 0 Å². The molecule has 0 bridgehead atoms. The van der Waals surface area contributed by atoms with Crippen molar-refractivity contribution in [1.29, 1.82) is 5.41 Å². The molecule has 0 spiro atoms. The molecule has 0 saturated carbocycles. The Bertz CT molecular complexity index is 421. The molecule has 1 aromatic carbocycles. The predicted octanol–water partition coefficient (Wildman–Crippen LogP) is 1.92. The van der Waals surface area contributed by atoms with Crippen molar-refractivity contribution in [3.63, 3.8) is 0 Å². The third-order valence-electron chi connectivity index (χ3n) is 2.67. The minimum absolute atomic E-state index is 0.00522. The van der Waals surface area contributed by atoms with Gasteiger partial charge in [0.1, 0.15) is 11.6 Å². The topological polar surface area (TPSA) is 77.6 Å². The average Bonchev–Trinajstić information content (AvgIpc) is 2.42. The molecule has 0 fully saturated rings. The van der Waals surface area contributed by atoms with E-state index in [4.69, 9.17) is 25.4 Å². The molecular formula is C14H22N2O3. The fourth-order valence-electron chi connectivity index (χ4n) is 1.62. The maximum atomic E-state index is 7.44. The highest BCUT2D eigenvalue weighted by atomic mass is 16.5. The van der Waals surface area contributed by atoms with Gasteiger partial charge in [0.15, 0.2) is 0 Å². The van der Waals surface area contributed by atoms with Gasteiger partial charge in [0.25, 0.3) is 0 Å². The van der Waals surface area contributed by atoms with Crippen LogP contribution in [-0.2, 0) is 16.1 Å². The van der Waals surface area contributed by atoms with Crippen LogP contribution in [0.15, 0.2) is 18.2 Å². The SMILES string of the molecule is CCOCC(C)OCc1cc(C(=N)N)ccc1OC. The Balaban J connectivity index is 2.69. The van der Waals surface area contributed by atoms with Crippen molar-refractivity contribution in [2.24, 2.45) is 5.73 Å². The minimum Gasteiger partial charge on any atom is -0.496 e. The van der Waals surface area contributed by atoms with Crippen LogP contribution in [0.3, 0.4) is 0 Å². The van der Waals surface area contributed by atoms with Crippen LogP contribution in [0.5, 0.6) is 5.75 Å². The molecule has 0 aliphatic heterocycles. The van der Waals surface area contributed by atoms with Gasteiger partial charge in [-0.3, -0.25) is 5.41 Å². The first-order valence-corrected chi connectivity index (χ1v) is 6.29. The number of ether oxygens (including phenoxy) is 3. The zero-order valence-corrected chi connectivity index (χ0v) is 11.7. The molecule has 1 aromatic rings. The Morgan fingerprint density at radius 1 is 1.42 bits per heavy atom. The summed E-state index contributed by atoms with van der Waals surface area (Å²) >= 11 is 0. The first-order valence-electron chi connectivity index (χ1n) is 6.29. The van der Waals surface area contributed by atoms with E-state index in [9.17, 15) is 0 Å². The monoisotopic (exact) mass is 266 g/mol. The number of hydrogen-bond acceptors (Lipinski definition) is 4. The fraction of sp³-hybridized carbons (Fsp3) is 0.500. The van der Waals surface area contributed by atoms with Crippen LogP contribution in [0.25, 0.3) is 0 Å². The molecule has 0 aromatic heterocycles. The molecule has 1 unspecified atom stereocenters. The van der Waals surface area contributed by atoms with E-state index in [2.05, 4.69) is 0 Å². The van der Waals surface area contributed by atoms with Gasteiger partial charge in [0, 0.05) is 17.7 Å². The largest absolute Gasteiger partial charge is 0.496 e. The number of hydrogen-bond donors (Lipinski definition) is 2. The van der Waals surface area contributed by atoms with Crippen LogP contribution in [0.1, 0.15) is 25.0 Å². The van der Waals surface area contributed by atoms with Gasteiger partial charge >= 0.3 is 0 Å². The highest BCUT2D eigenvalue weighted by Gasteiger charge is 2.09. The van der Waals surface area contributed by atoms with E-state index in [-0.39, 0.29) is 11.9 Å². The number of rotatable bonds is 8. The first-order chi connectivity index (χ1) is 9.08. The lowest BCUT2D eigenvalue weighted by Gasteiger charge is -2.15. The molecular weight excluding hydrogens is 244 g/mol. The van der Waals surface area contributed by atoms with Crippen LogP contribution >= 0.6 is 0 Å². The molecule has 0 amide bonds. The third kappa shape index (κ3) is 4.89. The predicted molar refractivity (Wildman–Crippen MR) is 74.8 cm³/mol. The number of nitrogens with two attached hydrogens (primary N) is 1. The van der Waals surface area contributed by atoms with Gasteiger partial charge in [0.05, 0.1) is 26.4 Å². The quantitative estimate of drug-likeness (QED) is 0.556. The van der Waals surface area contributed by atoms with Crippen molar-refractivity contribution in [3.05, 3.63) is 29.3 Å². The van der Waals surface area contributed by atoms with E-state index in [1.54, 1.807) is 19.2 Å². The summed E-state index contributed by atoms with van der Waals surface area (Å²) in [5.41, 5.74) is 7.01. The normalized spacial score (nSPS) is 12.2. The second kappa shape index (κ2) is 7.76. The van der Waals surface area contributed by atoms with Gasteiger partial charge in [-0.2, -0.15) is 0 Å². The van der Waals surface area contributed by atoms with Crippen LogP contribution in [0.2, 0.25) is 0 Å². The summed E-state index contributed by atoms with van der Waals surface area (Å²) in [7, 11) is 1.61. The molecule has 5 nitrogen and oxygen atoms in total. The van der Waals surface area contributed by atoms with Gasteiger partial charge < -0.3 is 19.9 Å². The number of amidine groups is 1. The molecule has 1 atom stereocenters. The highest BCUT2D eigenvalue weighted by molar-refractivity contribution is 5.95. The number of nitrogens with one attached hydrogen (secondary N) is 1. The maximum absolute atomic E-state index is 7.44. The van der Waals surface area contributed by atoms with Crippen LogP contribution in [0.4, 0.5) is 0 Å². The van der Waals surface area contributed by atoms with Gasteiger partial charge in [-0.05, 0) is 32.0 Å². The Kier molecular flexibility index (Phi) is 6.32. The zero-order valence-electron chi connectivity index (χ0n) is 11.7. The van der Waals surface area contributed by atoms with E-state index in [1.807, 2.05) is 19.9 Å². The van der Waals surface area contributed by atoms with Crippen molar-refractivity contribution < 1.29 is 14.2 Å². The molecule has 19 heavy (non-hydrogen) atoms. The van der Waals surface area contributed by atoms with Crippen molar-refractivity contribution in [2.75, 3.05) is 20.3 Å². The second-order valence-corrected chi connectivity index (χ2v) is 4.22. The van der Waals surface area contributed by atoms with Gasteiger partial charge in [-0.15, -0.1) is 0 Å². The molecule has 0 radical (unpaired) electrons. The molecule has 0 saturated heterocycles. The first kappa shape index (κ1) is 15.5. The summed E-state index contributed by atoms with van der Waals surface area (Å²) < 4.78 is 16.3. The van der Waals surface area contributed by atoms with Gasteiger partial charge in [0.2, 0.25) is 0 Å². The fourth-order valence-corrected chi connectivity index (χ4v) is 1.62. The second-order valence-electron chi connectivity index (χ2n) is 4.22. The number of nitrogen functional groups attached to an aromatic ring is 1. The summed E-state index contributed by atoms with van der Waals surface area (Å²) in [6.45, 7) is 5.55. The average molecular weight is 266 g/mol. The Labute approximate surface area is 114 Å². The van der Waals surface area contributed by atoms with E-state index < -0.39 is 0 Å². The summed E-state index contributed by atoms with van der Waals surface area (Å²) in [6, 6.07) is 5.37. The molecule has 0 aliphatic carbocycles. The Morgan fingerprint density at radius 3 is 2.74 bits per heavy atom. The van der Waals surface area contributed by atoms with E-state index >= 15 is 0 Å². The lowest BCUT2D eigenvalue weighted by Crippen LogP contribution is -2.16. The lowest BCUT2D eigenvalue weighted by molar-refractivity contribution is -0.0121. The third-order valence-corrected chi connectivity index (χ3v) is 2.67. The molecule has 3 N–H and O–H groups in total. The van der Waals surface area contributed by atoms with Crippen LogP contribution in [0, 0.1) is 5.41 Å². The minimum atomic E-state index is 0.00522. The van der Waals surface area contributed by atoms with E-state index in [0.29, 0.717) is 25.4 Å². The smallest absolute Gasteiger partial charge is 0.124 e. The van der Waals surface area contributed by atoms with Crippen molar-refractivity contribution >= 4 is 5.84 Å². The molecule has 1 rings (SSSR count). The van der Waals surface area contributed by atoms with Crippen molar-refractivity contribution in [2.45, 2.75) is 26.6 Å². The maximum Gasteiger partial charge on any atom is 0.124 e. The summed E-state index contributed by atoms with van der Waals surface area (Å²) in [5.74, 6) is 0.764. The van der Waals surface area contributed by atoms with Crippen LogP contribution in [-0.4, -0.2) is 32.3 Å². The Hall–Kier alpha value is -1.59. The summed E-state index contributed by atoms with van der Waals surface area (Å²) in [5, 5.41) is 7.44. The summed E-state index contributed by atoms with van der Waals surface area (Å²) in [4.78, 5) is 0. The highest BCUT2D eigenvalue weighted by Crippen LogP contribution is 2.21. The molecule has 5 heteroatoms. The number of methoxy groups -OCH3 is 1. The molecule has 0 aliphatic rings. The lowest BCUT2D eigenvalue weighted by atomic mass is 10.1. The summed E-state index contributed by atoms with van der Waals surface area (Å²) in [6.07, 6.45) is 0.00522.